The van der Waals surface area contributed by atoms with Gasteiger partial charge in [0.25, 0.3) is 0 Å². The van der Waals surface area contributed by atoms with Crippen molar-refractivity contribution in [3.63, 3.8) is 0 Å². The van der Waals surface area contributed by atoms with Crippen molar-refractivity contribution in [2.24, 2.45) is 0 Å². The van der Waals surface area contributed by atoms with Crippen molar-refractivity contribution in [2.75, 3.05) is 6.61 Å². The van der Waals surface area contributed by atoms with E-state index in [0.29, 0.717) is 5.75 Å². The van der Waals surface area contributed by atoms with Gasteiger partial charge in [-0.2, -0.15) is 0 Å². The molecule has 1 N–H and O–H groups in total. The monoisotopic (exact) mass is 286 g/mol. The van der Waals surface area contributed by atoms with Gasteiger partial charge in [-0.1, -0.05) is 6.07 Å². The van der Waals surface area contributed by atoms with Crippen LogP contribution >= 0.6 is 11.3 Å². The summed E-state index contributed by atoms with van der Waals surface area (Å²) in [7, 11) is 0. The molecule has 0 unspecified atom stereocenters. The third-order valence-corrected chi connectivity index (χ3v) is 3.65. The van der Waals surface area contributed by atoms with Gasteiger partial charge in [0.15, 0.2) is 6.61 Å². The molecule has 0 fully saturated rings. The number of hydrogen-bond acceptors (Lipinski definition) is 5. The van der Waals surface area contributed by atoms with Gasteiger partial charge in [0.05, 0.1) is 15.9 Å². The highest BCUT2D eigenvalue weighted by molar-refractivity contribution is 7.21. The average Bonchev–Trinajstić information content (AvgIpc) is 2.89. The largest absolute Gasteiger partial charge is 0.482 e. The maximum absolute atomic E-state index is 10.5. The minimum absolute atomic E-state index is 0.350. The first-order valence-corrected chi connectivity index (χ1v) is 6.70. The first kappa shape index (κ1) is 12.6. The summed E-state index contributed by atoms with van der Waals surface area (Å²) < 4.78 is 6.09. The van der Waals surface area contributed by atoms with E-state index >= 15 is 0 Å². The van der Waals surface area contributed by atoms with E-state index < -0.39 is 5.97 Å². The van der Waals surface area contributed by atoms with E-state index in [4.69, 9.17) is 9.84 Å². The summed E-state index contributed by atoms with van der Waals surface area (Å²) in [5.74, 6) is -0.473. The molecule has 2 heterocycles. The van der Waals surface area contributed by atoms with Crippen molar-refractivity contribution in [3.8, 4) is 16.5 Å². The predicted octanol–water partition coefficient (Wildman–Crippen LogP) is 2.82. The van der Waals surface area contributed by atoms with Crippen molar-refractivity contribution in [3.05, 3.63) is 42.6 Å². The molecule has 2 aromatic heterocycles. The smallest absolute Gasteiger partial charge is 0.341 e. The van der Waals surface area contributed by atoms with Crippen molar-refractivity contribution in [2.45, 2.75) is 0 Å². The van der Waals surface area contributed by atoms with Crippen LogP contribution in [0.3, 0.4) is 0 Å². The van der Waals surface area contributed by atoms with Crippen LogP contribution in [0.2, 0.25) is 0 Å². The minimum atomic E-state index is -0.997. The molecule has 0 aliphatic heterocycles. The Balaban J connectivity index is 1.93. The van der Waals surface area contributed by atoms with Gasteiger partial charge in [-0.25, -0.2) is 9.78 Å². The lowest BCUT2D eigenvalue weighted by atomic mass is 10.3. The number of carboxylic acid groups (broad SMARTS) is 1. The SMILES string of the molecule is O=C(O)COc1ccc2nc(-c3ccccn3)sc2c1. The number of ether oxygens (including phenoxy) is 1. The van der Waals surface area contributed by atoms with Crippen molar-refractivity contribution in [1.29, 1.82) is 0 Å². The number of fused-ring (bicyclic) bond motifs is 1. The lowest BCUT2D eigenvalue weighted by Gasteiger charge is -2.01. The van der Waals surface area contributed by atoms with E-state index in [1.165, 1.54) is 11.3 Å². The summed E-state index contributed by atoms with van der Waals surface area (Å²) in [4.78, 5) is 19.3. The van der Waals surface area contributed by atoms with E-state index in [9.17, 15) is 4.79 Å². The van der Waals surface area contributed by atoms with E-state index in [1.54, 1.807) is 18.3 Å². The van der Waals surface area contributed by atoms with Crippen LogP contribution in [-0.4, -0.2) is 27.7 Å². The summed E-state index contributed by atoms with van der Waals surface area (Å²) in [6.07, 6.45) is 1.73. The van der Waals surface area contributed by atoms with Gasteiger partial charge in [-0.05, 0) is 30.3 Å². The molecule has 3 aromatic rings. The van der Waals surface area contributed by atoms with Crippen LogP contribution in [0.4, 0.5) is 0 Å². The second-order valence-corrected chi connectivity index (χ2v) is 5.08. The zero-order valence-corrected chi connectivity index (χ0v) is 11.1. The number of thiazole rings is 1. The van der Waals surface area contributed by atoms with E-state index in [1.807, 2.05) is 24.3 Å². The second kappa shape index (κ2) is 5.26. The van der Waals surface area contributed by atoms with Gasteiger partial charge < -0.3 is 9.84 Å². The molecule has 0 spiro atoms. The molecule has 0 saturated heterocycles. The van der Waals surface area contributed by atoms with Gasteiger partial charge >= 0.3 is 5.97 Å². The van der Waals surface area contributed by atoms with E-state index in [-0.39, 0.29) is 6.61 Å². The standard InChI is InChI=1S/C14H10N2O3S/c17-13(18)8-19-9-4-5-10-12(7-9)20-14(16-10)11-3-1-2-6-15-11/h1-7H,8H2,(H,17,18). The van der Waals surface area contributed by atoms with Crippen molar-refractivity contribution >= 4 is 27.5 Å². The molecule has 100 valence electrons. The number of benzene rings is 1. The van der Waals surface area contributed by atoms with Crippen LogP contribution in [0, 0.1) is 0 Å². The highest BCUT2D eigenvalue weighted by Crippen LogP contribution is 2.31. The Bertz CT molecular complexity index is 755. The Hall–Kier alpha value is -2.47. The van der Waals surface area contributed by atoms with Gasteiger partial charge in [-0.3, -0.25) is 4.98 Å². The van der Waals surface area contributed by atoms with Crippen LogP contribution in [0.25, 0.3) is 20.9 Å². The molecule has 0 aliphatic carbocycles. The maximum atomic E-state index is 10.5. The number of pyridine rings is 1. The second-order valence-electron chi connectivity index (χ2n) is 4.05. The fourth-order valence-corrected chi connectivity index (χ4v) is 2.71. The molecule has 5 nitrogen and oxygen atoms in total. The third-order valence-electron chi connectivity index (χ3n) is 2.61. The molecule has 3 rings (SSSR count). The molecule has 0 radical (unpaired) electrons. The molecule has 6 heteroatoms. The molecule has 0 atom stereocenters. The lowest BCUT2D eigenvalue weighted by molar-refractivity contribution is -0.139. The molecule has 0 bridgehead atoms. The Labute approximate surface area is 118 Å². The first-order chi connectivity index (χ1) is 9.72. The lowest BCUT2D eigenvalue weighted by Crippen LogP contribution is -2.09. The Kier molecular flexibility index (Phi) is 3.30. The Morgan fingerprint density at radius 1 is 1.30 bits per heavy atom. The maximum Gasteiger partial charge on any atom is 0.341 e. The third kappa shape index (κ3) is 2.60. The normalized spacial score (nSPS) is 10.6. The number of hydrogen-bond donors (Lipinski definition) is 1. The highest BCUT2D eigenvalue weighted by atomic mass is 32.1. The van der Waals surface area contributed by atoms with Gasteiger partial charge in [-0.15, -0.1) is 11.3 Å². The number of rotatable bonds is 4. The highest BCUT2D eigenvalue weighted by Gasteiger charge is 2.08. The molecule has 0 amide bonds. The van der Waals surface area contributed by atoms with Crippen molar-refractivity contribution in [1.82, 2.24) is 9.97 Å². The minimum Gasteiger partial charge on any atom is -0.482 e. The number of aliphatic carboxylic acids is 1. The summed E-state index contributed by atoms with van der Waals surface area (Å²) in [6.45, 7) is -0.350. The summed E-state index contributed by atoms with van der Waals surface area (Å²) >= 11 is 1.50. The molecule has 1 aromatic carbocycles. The van der Waals surface area contributed by atoms with Crippen LogP contribution in [0.1, 0.15) is 0 Å². The van der Waals surface area contributed by atoms with E-state index in [2.05, 4.69) is 9.97 Å². The Morgan fingerprint density at radius 3 is 2.95 bits per heavy atom. The number of carbonyl (C=O) groups is 1. The van der Waals surface area contributed by atoms with Gasteiger partial charge in [0, 0.05) is 6.20 Å². The zero-order chi connectivity index (χ0) is 13.9. The van der Waals surface area contributed by atoms with Crippen LogP contribution in [0.5, 0.6) is 5.75 Å². The first-order valence-electron chi connectivity index (χ1n) is 5.89. The molecule has 20 heavy (non-hydrogen) atoms. The number of nitrogens with zero attached hydrogens (tertiary/aromatic N) is 2. The molecule has 0 saturated carbocycles. The number of carboxylic acids is 1. The summed E-state index contributed by atoms with van der Waals surface area (Å²) in [5.41, 5.74) is 1.67. The van der Waals surface area contributed by atoms with Crippen LogP contribution in [-0.2, 0) is 4.79 Å². The molecular weight excluding hydrogens is 276 g/mol. The van der Waals surface area contributed by atoms with Gasteiger partial charge in [0.1, 0.15) is 10.8 Å². The molecular formula is C14H10N2O3S. The van der Waals surface area contributed by atoms with Gasteiger partial charge in [0.2, 0.25) is 0 Å². The van der Waals surface area contributed by atoms with Crippen LogP contribution < -0.4 is 4.74 Å². The fraction of sp³-hybridized carbons (Fsp3) is 0.0714. The van der Waals surface area contributed by atoms with E-state index in [0.717, 1.165) is 20.9 Å². The quantitative estimate of drug-likeness (QED) is 0.798. The summed E-state index contributed by atoms with van der Waals surface area (Å²) in [5, 5.41) is 9.43. The summed E-state index contributed by atoms with van der Waals surface area (Å²) in [6, 6.07) is 11.0. The topological polar surface area (TPSA) is 72.3 Å². The average molecular weight is 286 g/mol. The predicted molar refractivity (Wildman–Crippen MR) is 76.0 cm³/mol. The Morgan fingerprint density at radius 2 is 2.20 bits per heavy atom. The zero-order valence-electron chi connectivity index (χ0n) is 10.3. The molecule has 0 aliphatic rings. The fourth-order valence-electron chi connectivity index (χ4n) is 1.74. The van der Waals surface area contributed by atoms with Crippen LogP contribution in [0.15, 0.2) is 42.6 Å². The number of aromatic nitrogens is 2. The van der Waals surface area contributed by atoms with Crippen molar-refractivity contribution < 1.29 is 14.6 Å².